The number of fused-ring (bicyclic) bond motifs is 1. The minimum atomic E-state index is -0.736. The number of carbonyl (C=O) groups is 1. The number of benzene rings is 1. The van der Waals surface area contributed by atoms with E-state index in [0.29, 0.717) is 30.0 Å². The fourth-order valence-electron chi connectivity index (χ4n) is 4.59. The molecular weight excluding hydrogens is 461 g/mol. The number of hydrogen-bond acceptors (Lipinski definition) is 6. The number of ether oxygens (including phenoxy) is 1. The summed E-state index contributed by atoms with van der Waals surface area (Å²) in [5.41, 5.74) is 8.54. The zero-order valence-electron chi connectivity index (χ0n) is 20.4. The third kappa shape index (κ3) is 4.95. The summed E-state index contributed by atoms with van der Waals surface area (Å²) in [5, 5.41) is 0.814. The van der Waals surface area contributed by atoms with Gasteiger partial charge in [0.15, 0.2) is 11.6 Å². The first-order valence-electron chi connectivity index (χ1n) is 12.0. The highest BCUT2D eigenvalue weighted by atomic mass is 19.1. The van der Waals surface area contributed by atoms with E-state index >= 15 is 0 Å². The number of nitrogens with one attached hydrogen (secondary N) is 1. The summed E-state index contributed by atoms with van der Waals surface area (Å²) in [7, 11) is 1.98. The van der Waals surface area contributed by atoms with Gasteiger partial charge in [-0.3, -0.25) is 9.69 Å². The molecule has 0 spiro atoms. The van der Waals surface area contributed by atoms with Crippen LogP contribution >= 0.6 is 0 Å². The molecule has 9 nitrogen and oxygen atoms in total. The summed E-state index contributed by atoms with van der Waals surface area (Å²) in [6.45, 7) is 5.42. The normalized spacial score (nSPS) is 15.4. The van der Waals surface area contributed by atoms with Crippen LogP contribution in [0.25, 0.3) is 11.0 Å². The fraction of sp³-hybridized carbons (Fsp3) is 0.346. The number of halogens is 1. The number of hydrogen-bond donors (Lipinski definition) is 2. The van der Waals surface area contributed by atoms with Crippen molar-refractivity contribution in [2.45, 2.75) is 25.9 Å². The van der Waals surface area contributed by atoms with Crippen molar-refractivity contribution in [2.24, 2.45) is 12.8 Å². The largest absolute Gasteiger partial charge is 0.453 e. The standard InChI is InChI=1S/C26H30FN7O2/c1-17-15-31-25-24(17)22(5-6-30-25)36-21-4-3-18(13-19(21)27)14-20(28)26(35)34-11-9-33(10-12-34)16-23-29-7-8-32(23)2/h3-8,13,15,20H,9-12,14,16,28H2,1-2H3,(H,30,31). The van der Waals surface area contributed by atoms with Gasteiger partial charge in [-0.25, -0.2) is 14.4 Å². The maximum atomic E-state index is 14.9. The van der Waals surface area contributed by atoms with Gasteiger partial charge >= 0.3 is 0 Å². The second kappa shape index (κ2) is 10.1. The number of carbonyl (C=O) groups excluding carboxylic acids is 1. The molecule has 3 aromatic heterocycles. The SMILES string of the molecule is Cc1c[nH]c2nccc(Oc3ccc(CC(N)C(=O)N4CCN(Cc5nccn5C)CC4)cc3F)c12. The molecule has 3 N–H and O–H groups in total. The van der Waals surface area contributed by atoms with Crippen molar-refractivity contribution >= 4 is 16.9 Å². The van der Waals surface area contributed by atoms with Crippen molar-refractivity contribution in [1.29, 1.82) is 0 Å². The number of aromatic nitrogens is 4. The van der Waals surface area contributed by atoms with Gasteiger partial charge in [0.25, 0.3) is 0 Å². The number of aryl methyl sites for hydroxylation is 2. The Morgan fingerprint density at radius 2 is 1.97 bits per heavy atom. The summed E-state index contributed by atoms with van der Waals surface area (Å²) in [5.74, 6) is 1.01. The second-order valence-corrected chi connectivity index (χ2v) is 9.24. The van der Waals surface area contributed by atoms with Gasteiger partial charge in [0.1, 0.15) is 17.2 Å². The lowest BCUT2D eigenvalue weighted by molar-refractivity contribution is -0.134. The van der Waals surface area contributed by atoms with E-state index in [1.165, 1.54) is 6.07 Å². The van der Waals surface area contributed by atoms with Gasteiger partial charge in [-0.2, -0.15) is 0 Å². The monoisotopic (exact) mass is 491 g/mol. The van der Waals surface area contributed by atoms with Crippen LogP contribution in [0.15, 0.2) is 49.1 Å². The Labute approximate surface area is 208 Å². The first-order chi connectivity index (χ1) is 17.4. The van der Waals surface area contributed by atoms with E-state index in [4.69, 9.17) is 10.5 Å². The Balaban J connectivity index is 1.18. The number of nitrogens with zero attached hydrogens (tertiary/aromatic N) is 5. The lowest BCUT2D eigenvalue weighted by Gasteiger charge is -2.35. The Kier molecular flexibility index (Phi) is 6.71. The van der Waals surface area contributed by atoms with Crippen LogP contribution in [-0.2, 0) is 24.8 Å². The van der Waals surface area contributed by atoms with E-state index in [9.17, 15) is 9.18 Å². The third-order valence-corrected chi connectivity index (χ3v) is 6.69. The predicted octanol–water partition coefficient (Wildman–Crippen LogP) is 2.75. The van der Waals surface area contributed by atoms with Gasteiger partial charge in [0.2, 0.25) is 5.91 Å². The van der Waals surface area contributed by atoms with Crippen molar-refractivity contribution in [3.63, 3.8) is 0 Å². The first kappa shape index (κ1) is 24.0. The molecule has 4 heterocycles. The van der Waals surface area contributed by atoms with Crippen LogP contribution in [0.1, 0.15) is 17.0 Å². The lowest BCUT2D eigenvalue weighted by Crippen LogP contribution is -2.53. The first-order valence-corrected chi connectivity index (χ1v) is 12.0. The molecule has 0 bridgehead atoms. The molecule has 4 aromatic rings. The summed E-state index contributed by atoms with van der Waals surface area (Å²) < 4.78 is 22.8. The predicted molar refractivity (Wildman–Crippen MR) is 134 cm³/mol. The highest BCUT2D eigenvalue weighted by Gasteiger charge is 2.26. The minimum Gasteiger partial charge on any atom is -0.453 e. The molecule has 1 aliphatic rings. The summed E-state index contributed by atoms with van der Waals surface area (Å²) in [6, 6.07) is 5.68. The van der Waals surface area contributed by atoms with E-state index < -0.39 is 11.9 Å². The summed E-state index contributed by atoms with van der Waals surface area (Å²) >= 11 is 0. The summed E-state index contributed by atoms with van der Waals surface area (Å²) in [6.07, 6.45) is 7.42. The van der Waals surface area contributed by atoms with Gasteiger partial charge in [0.05, 0.1) is 18.0 Å². The van der Waals surface area contributed by atoms with E-state index in [0.717, 1.165) is 36.4 Å². The molecule has 1 unspecified atom stereocenters. The van der Waals surface area contributed by atoms with Crippen LogP contribution in [0.5, 0.6) is 11.5 Å². The molecule has 1 aliphatic heterocycles. The number of H-pyrrole nitrogens is 1. The average molecular weight is 492 g/mol. The highest BCUT2D eigenvalue weighted by molar-refractivity contribution is 5.86. The molecule has 0 radical (unpaired) electrons. The third-order valence-electron chi connectivity index (χ3n) is 6.69. The minimum absolute atomic E-state index is 0.107. The molecule has 10 heteroatoms. The average Bonchev–Trinajstić information content (AvgIpc) is 3.46. The number of imidazole rings is 1. The lowest BCUT2D eigenvalue weighted by atomic mass is 10.0. The Bertz CT molecular complexity index is 1370. The molecule has 36 heavy (non-hydrogen) atoms. The van der Waals surface area contributed by atoms with E-state index in [-0.39, 0.29) is 18.1 Å². The maximum absolute atomic E-state index is 14.9. The Morgan fingerprint density at radius 1 is 1.17 bits per heavy atom. The Morgan fingerprint density at radius 3 is 2.69 bits per heavy atom. The summed E-state index contributed by atoms with van der Waals surface area (Å²) in [4.78, 5) is 28.7. The topological polar surface area (TPSA) is 105 Å². The molecule has 1 atom stereocenters. The Hall–Kier alpha value is -3.76. The van der Waals surface area contributed by atoms with Crippen LogP contribution in [-0.4, -0.2) is 67.4 Å². The van der Waals surface area contributed by atoms with Crippen LogP contribution in [0.3, 0.4) is 0 Å². The second-order valence-electron chi connectivity index (χ2n) is 9.24. The highest BCUT2D eigenvalue weighted by Crippen LogP contribution is 2.32. The van der Waals surface area contributed by atoms with Crippen LogP contribution in [0.4, 0.5) is 4.39 Å². The van der Waals surface area contributed by atoms with Crippen molar-refractivity contribution in [3.8, 4) is 11.5 Å². The molecule has 0 aliphatic carbocycles. The van der Waals surface area contributed by atoms with E-state index in [2.05, 4.69) is 19.9 Å². The van der Waals surface area contributed by atoms with Crippen molar-refractivity contribution in [2.75, 3.05) is 26.2 Å². The van der Waals surface area contributed by atoms with E-state index in [1.807, 2.05) is 30.9 Å². The van der Waals surface area contributed by atoms with E-state index in [1.54, 1.807) is 35.5 Å². The molecule has 1 amide bonds. The molecule has 188 valence electrons. The van der Waals surface area contributed by atoms with Gasteiger partial charge in [0, 0.05) is 58.0 Å². The zero-order chi connectivity index (χ0) is 25.2. The van der Waals surface area contributed by atoms with Crippen molar-refractivity contribution in [1.82, 2.24) is 29.3 Å². The molecular formula is C26H30FN7O2. The van der Waals surface area contributed by atoms with Crippen molar-refractivity contribution in [3.05, 3.63) is 71.8 Å². The smallest absolute Gasteiger partial charge is 0.239 e. The number of pyridine rings is 1. The molecule has 1 saturated heterocycles. The number of amides is 1. The number of rotatable bonds is 7. The van der Waals surface area contributed by atoms with Gasteiger partial charge in [-0.15, -0.1) is 0 Å². The van der Waals surface area contributed by atoms with Gasteiger partial charge in [-0.05, 0) is 42.7 Å². The zero-order valence-corrected chi connectivity index (χ0v) is 20.4. The van der Waals surface area contributed by atoms with Gasteiger partial charge in [-0.1, -0.05) is 6.07 Å². The maximum Gasteiger partial charge on any atom is 0.239 e. The van der Waals surface area contributed by atoms with Crippen molar-refractivity contribution < 1.29 is 13.9 Å². The van der Waals surface area contributed by atoms with Crippen LogP contribution in [0, 0.1) is 12.7 Å². The van der Waals surface area contributed by atoms with Gasteiger partial charge < -0.3 is 24.9 Å². The quantitative estimate of drug-likeness (QED) is 0.412. The molecule has 5 rings (SSSR count). The molecule has 0 saturated carbocycles. The number of piperazine rings is 1. The number of aromatic amines is 1. The fourth-order valence-corrected chi connectivity index (χ4v) is 4.59. The van der Waals surface area contributed by atoms with Crippen LogP contribution in [0.2, 0.25) is 0 Å². The molecule has 1 fully saturated rings. The molecule has 1 aromatic carbocycles. The number of nitrogens with two attached hydrogens (primary N) is 1. The van der Waals surface area contributed by atoms with Crippen LogP contribution < -0.4 is 10.5 Å².